The smallest absolute Gasteiger partial charge is 0.0239 e. The number of piperazine rings is 1. The zero-order valence-corrected chi connectivity index (χ0v) is 40.2. The summed E-state index contributed by atoms with van der Waals surface area (Å²) >= 11 is 0. The molecule has 8 saturated heterocycles. The Bertz CT molecular complexity index is 1190. The van der Waals surface area contributed by atoms with E-state index in [-0.39, 0.29) is 0 Å². The molecular weight excluding hydrogens is 709 g/mol. The first-order valence-electron chi connectivity index (χ1n) is 26.3. The average Bonchev–Trinajstić information content (AvgIpc) is 3.86. The van der Waals surface area contributed by atoms with Crippen molar-refractivity contribution in [1.29, 1.82) is 0 Å². The molecule has 13 rings (SSSR count). The number of likely N-dealkylation sites (tertiary alicyclic amines) is 3. The summed E-state index contributed by atoms with van der Waals surface area (Å²) in [5.41, 5.74) is 0. The van der Waals surface area contributed by atoms with Gasteiger partial charge in [-0.2, -0.15) is 0 Å². The number of rotatable bonds is 5. The minimum atomic E-state index is 0.747. The molecule has 13 aliphatic rings. The molecule has 6 heteroatoms. The van der Waals surface area contributed by atoms with Gasteiger partial charge in [0.25, 0.3) is 0 Å². The van der Waals surface area contributed by atoms with Crippen LogP contribution in [0, 0.1) is 41.4 Å². The number of fused-ring (bicyclic) bond motifs is 11. The van der Waals surface area contributed by atoms with E-state index in [1.165, 1.54) is 142 Å². The molecule has 0 radical (unpaired) electrons. The van der Waals surface area contributed by atoms with Crippen molar-refractivity contribution in [2.75, 3.05) is 45.8 Å². The van der Waals surface area contributed by atoms with Gasteiger partial charge in [-0.05, 0) is 213 Å². The Balaban J connectivity index is 0.000000111. The maximum Gasteiger partial charge on any atom is 0.0239 e. The van der Waals surface area contributed by atoms with Crippen molar-refractivity contribution < 1.29 is 0 Å². The van der Waals surface area contributed by atoms with Crippen LogP contribution < -0.4 is 5.32 Å². The summed E-state index contributed by atoms with van der Waals surface area (Å²) in [6.45, 7) is 32.8. The number of nitrogens with zero attached hydrogens (tertiary/aromatic N) is 5. The molecule has 8 aliphatic heterocycles. The highest BCUT2D eigenvalue weighted by Gasteiger charge is 2.43. The largest absolute Gasteiger partial charge is 0.311 e. The van der Waals surface area contributed by atoms with Gasteiger partial charge in [-0.1, -0.05) is 12.8 Å². The van der Waals surface area contributed by atoms with Crippen LogP contribution in [-0.4, -0.2) is 131 Å². The lowest BCUT2D eigenvalue weighted by molar-refractivity contribution is 0.0914. The Morgan fingerprint density at radius 2 is 0.776 bits per heavy atom. The minimum absolute atomic E-state index is 0.747. The second kappa shape index (κ2) is 21.0. The molecule has 58 heavy (non-hydrogen) atoms. The molecule has 5 aliphatic carbocycles. The van der Waals surface area contributed by atoms with Crippen molar-refractivity contribution in [2.45, 2.75) is 245 Å². The van der Waals surface area contributed by atoms with Crippen LogP contribution in [-0.2, 0) is 0 Å². The summed E-state index contributed by atoms with van der Waals surface area (Å²) in [7, 11) is 0. The van der Waals surface area contributed by atoms with Gasteiger partial charge in [0.2, 0.25) is 0 Å². The van der Waals surface area contributed by atoms with E-state index in [1.54, 1.807) is 19.3 Å². The molecule has 336 valence electrons. The second-order valence-corrected chi connectivity index (χ2v) is 23.9. The maximum absolute atomic E-state index is 3.50. The fourth-order valence-electron chi connectivity index (χ4n) is 15.1. The molecule has 10 atom stereocenters. The summed E-state index contributed by atoms with van der Waals surface area (Å²) in [4.78, 5) is 13.5. The van der Waals surface area contributed by atoms with Crippen LogP contribution in [0.4, 0.5) is 0 Å². The van der Waals surface area contributed by atoms with Crippen LogP contribution in [0.25, 0.3) is 0 Å². The third-order valence-corrected chi connectivity index (χ3v) is 18.0. The van der Waals surface area contributed by atoms with Gasteiger partial charge in [-0.25, -0.2) is 0 Å². The minimum Gasteiger partial charge on any atom is -0.311 e. The molecule has 0 aromatic carbocycles. The Morgan fingerprint density at radius 1 is 0.328 bits per heavy atom. The van der Waals surface area contributed by atoms with Crippen LogP contribution in [0.3, 0.4) is 0 Å². The lowest BCUT2D eigenvalue weighted by atomic mass is 9.68. The first kappa shape index (κ1) is 45.8. The third-order valence-electron chi connectivity index (χ3n) is 18.0. The number of hydrogen-bond acceptors (Lipinski definition) is 6. The van der Waals surface area contributed by atoms with Crippen LogP contribution in [0.5, 0.6) is 0 Å². The Hall–Kier alpha value is -0.240. The van der Waals surface area contributed by atoms with E-state index in [4.69, 9.17) is 0 Å². The summed E-state index contributed by atoms with van der Waals surface area (Å²) in [5, 5.41) is 3.50. The molecular formula is C52H98N6. The highest BCUT2D eigenvalue weighted by atomic mass is 15.3. The zero-order valence-electron chi connectivity index (χ0n) is 40.2. The Labute approximate surface area is 361 Å². The van der Waals surface area contributed by atoms with Crippen molar-refractivity contribution in [1.82, 2.24) is 29.8 Å². The van der Waals surface area contributed by atoms with Crippen molar-refractivity contribution in [3.8, 4) is 0 Å². The Kier molecular flexibility index (Phi) is 16.5. The van der Waals surface area contributed by atoms with Gasteiger partial charge in [0.1, 0.15) is 0 Å². The average molecular weight is 807 g/mol. The van der Waals surface area contributed by atoms with E-state index in [2.05, 4.69) is 99.1 Å². The van der Waals surface area contributed by atoms with Gasteiger partial charge >= 0.3 is 0 Å². The van der Waals surface area contributed by atoms with E-state index in [0.717, 1.165) is 102 Å². The Morgan fingerprint density at radius 3 is 1.31 bits per heavy atom. The van der Waals surface area contributed by atoms with Gasteiger partial charge in [0.05, 0.1) is 0 Å². The predicted molar refractivity (Wildman–Crippen MR) is 249 cm³/mol. The quantitative estimate of drug-likeness (QED) is 0.298. The monoisotopic (exact) mass is 807 g/mol. The van der Waals surface area contributed by atoms with Crippen molar-refractivity contribution in [3.63, 3.8) is 0 Å². The zero-order chi connectivity index (χ0) is 41.1. The highest BCUT2D eigenvalue weighted by molar-refractivity contribution is 4.99. The standard InChI is InChI=1S/C13H23N.C11H21N.2C10H19N.C8H16N2/c1-9(2)14-8-12-4-10-3-11(5-12)7-13(14)6-10;1-9(2)12-8-10-4-3-5-11(12)7-6-10;1-8(2)11-6-9-3-4-10(5-9)7-11;1-8(2)11-7-9-4-3-5-10(11)6-9;1-6(2)10-5-7-3-8(10)4-9-7/h9-13H,3-8H2,1-2H3;9-11H,3-8H2,1-2H3;2*8-10H,3-7H2,1-2H3;6-9H,3-5H2,1-2H3. The molecule has 8 heterocycles. The summed E-state index contributed by atoms with van der Waals surface area (Å²) in [6.07, 6.45) is 27.0. The van der Waals surface area contributed by atoms with Gasteiger partial charge in [0.15, 0.2) is 0 Å². The topological polar surface area (TPSA) is 28.2 Å². The molecule has 0 spiro atoms. The molecule has 6 nitrogen and oxygen atoms in total. The summed E-state index contributed by atoms with van der Waals surface area (Å²) in [6, 6.07) is 8.36. The van der Waals surface area contributed by atoms with Crippen molar-refractivity contribution in [3.05, 3.63) is 0 Å². The number of hydrogen-bond donors (Lipinski definition) is 1. The molecule has 1 N–H and O–H groups in total. The second-order valence-electron chi connectivity index (χ2n) is 23.9. The summed E-state index contributed by atoms with van der Waals surface area (Å²) < 4.78 is 0. The van der Waals surface area contributed by atoms with Crippen molar-refractivity contribution in [2.24, 2.45) is 41.4 Å². The van der Waals surface area contributed by atoms with Gasteiger partial charge in [0, 0.05) is 106 Å². The fraction of sp³-hybridized carbons (Fsp3) is 1.00. The SMILES string of the molecule is CC(C)N1CC2CC1CN2.CC(C)N1CC2CC3CC(C2)CC1C3.CC(C)N1CC2CCC(C2)C1.CC(C)N1CC2CCCC1C2.CC(C)N1CC2CCCC1CC2. The van der Waals surface area contributed by atoms with Crippen molar-refractivity contribution >= 4 is 0 Å². The molecule has 5 saturated carbocycles. The number of piperidine rings is 2. The van der Waals surface area contributed by atoms with E-state index >= 15 is 0 Å². The van der Waals surface area contributed by atoms with E-state index in [1.807, 2.05) is 0 Å². The molecule has 0 aromatic heterocycles. The normalized spacial score (nSPS) is 40.6. The van der Waals surface area contributed by atoms with Gasteiger partial charge in [-0.3, -0.25) is 19.6 Å². The fourth-order valence-corrected chi connectivity index (χ4v) is 15.1. The molecule has 0 aromatic rings. The lowest BCUT2D eigenvalue weighted by Gasteiger charge is -2.40. The van der Waals surface area contributed by atoms with Gasteiger partial charge < -0.3 is 10.2 Å². The van der Waals surface area contributed by atoms with E-state index in [9.17, 15) is 0 Å². The summed E-state index contributed by atoms with van der Waals surface area (Å²) in [5.74, 6) is 7.44. The molecule has 10 unspecified atom stereocenters. The van der Waals surface area contributed by atoms with Crippen LogP contribution in [0.1, 0.15) is 185 Å². The van der Waals surface area contributed by atoms with E-state index < -0.39 is 0 Å². The van der Waals surface area contributed by atoms with Crippen LogP contribution in [0.15, 0.2) is 0 Å². The van der Waals surface area contributed by atoms with Gasteiger partial charge in [-0.15, -0.1) is 0 Å². The predicted octanol–water partition coefficient (Wildman–Crippen LogP) is 10.4. The first-order valence-corrected chi connectivity index (χ1v) is 26.3. The third kappa shape index (κ3) is 11.9. The lowest BCUT2D eigenvalue weighted by Crippen LogP contribution is -2.46. The van der Waals surface area contributed by atoms with E-state index in [0.29, 0.717) is 0 Å². The number of nitrogens with one attached hydrogen (secondary N) is 1. The molecule has 12 bridgehead atoms. The van der Waals surface area contributed by atoms with Crippen LogP contribution in [0.2, 0.25) is 0 Å². The first-order chi connectivity index (χ1) is 27.8. The highest BCUT2D eigenvalue weighted by Crippen LogP contribution is 2.48. The molecule has 0 amide bonds. The molecule has 13 fully saturated rings. The van der Waals surface area contributed by atoms with Crippen LogP contribution >= 0.6 is 0 Å². The maximum atomic E-state index is 3.50.